The molecule has 16 heavy (non-hydrogen) atoms. The van der Waals surface area contributed by atoms with Crippen LogP contribution in [0.1, 0.15) is 41.8 Å². The lowest BCUT2D eigenvalue weighted by Gasteiger charge is -2.27. The molecule has 5 heteroatoms. The molecular weight excluding hydrogens is 228 g/mol. The molecule has 1 fully saturated rings. The van der Waals surface area contributed by atoms with Crippen LogP contribution in [-0.4, -0.2) is 22.5 Å². The Bertz CT molecular complexity index is 378. The molecule has 1 heterocycles. The highest BCUT2D eigenvalue weighted by Crippen LogP contribution is 2.23. The first-order valence-electron chi connectivity index (χ1n) is 5.54. The van der Waals surface area contributed by atoms with Gasteiger partial charge in [0.1, 0.15) is 11.3 Å². The molecule has 1 aromatic rings. The molecule has 1 aliphatic rings. The van der Waals surface area contributed by atoms with Gasteiger partial charge in [-0.05, 0) is 19.8 Å². The maximum absolute atomic E-state index is 11.9. The molecule has 0 aromatic carbocycles. The Kier molecular flexibility index (Phi) is 3.49. The van der Waals surface area contributed by atoms with Crippen molar-refractivity contribution in [2.75, 3.05) is 0 Å². The number of hydrogen-bond acceptors (Lipinski definition) is 3. The van der Waals surface area contributed by atoms with Gasteiger partial charge in [-0.3, -0.25) is 4.79 Å². The van der Waals surface area contributed by atoms with Crippen molar-refractivity contribution in [2.24, 2.45) is 0 Å². The number of carbonyl (C=O) groups excluding carboxylic acids is 1. The summed E-state index contributed by atoms with van der Waals surface area (Å²) in [7, 11) is 0. The van der Waals surface area contributed by atoms with Gasteiger partial charge in [0.05, 0.1) is 11.6 Å². The van der Waals surface area contributed by atoms with E-state index >= 15 is 0 Å². The van der Waals surface area contributed by atoms with Crippen LogP contribution >= 0.6 is 11.6 Å². The van der Waals surface area contributed by atoms with Crippen LogP contribution in [-0.2, 0) is 0 Å². The van der Waals surface area contributed by atoms with E-state index in [2.05, 4.69) is 10.5 Å². The van der Waals surface area contributed by atoms with Gasteiger partial charge in [0.15, 0.2) is 0 Å². The Hall–Kier alpha value is -1.03. The number of aryl methyl sites for hydroxylation is 1. The first-order chi connectivity index (χ1) is 7.68. The molecular formula is C11H15ClN2O2. The summed E-state index contributed by atoms with van der Waals surface area (Å²) in [5.41, 5.74) is 0.495. The van der Waals surface area contributed by atoms with Gasteiger partial charge in [-0.2, -0.15) is 0 Å². The molecule has 0 spiro atoms. The van der Waals surface area contributed by atoms with Gasteiger partial charge in [0, 0.05) is 6.04 Å². The van der Waals surface area contributed by atoms with Crippen LogP contribution < -0.4 is 5.32 Å². The molecule has 4 nitrogen and oxygen atoms in total. The summed E-state index contributed by atoms with van der Waals surface area (Å²) < 4.78 is 4.86. The lowest BCUT2D eigenvalue weighted by atomic mass is 9.94. The second-order valence-electron chi connectivity index (χ2n) is 4.18. The van der Waals surface area contributed by atoms with Gasteiger partial charge in [-0.15, -0.1) is 11.6 Å². The SMILES string of the molecule is Cc1oncc1C(=O)NC1CCCCC1Cl. The zero-order chi connectivity index (χ0) is 11.5. The maximum atomic E-state index is 11.9. The summed E-state index contributed by atoms with van der Waals surface area (Å²) >= 11 is 6.17. The quantitative estimate of drug-likeness (QED) is 0.810. The minimum Gasteiger partial charge on any atom is -0.361 e. The van der Waals surface area contributed by atoms with Gasteiger partial charge in [0.2, 0.25) is 0 Å². The molecule has 1 N–H and O–H groups in total. The van der Waals surface area contributed by atoms with Crippen LogP contribution in [0.25, 0.3) is 0 Å². The van der Waals surface area contributed by atoms with E-state index in [9.17, 15) is 4.79 Å². The number of hydrogen-bond donors (Lipinski definition) is 1. The summed E-state index contributed by atoms with van der Waals surface area (Å²) in [6.07, 6.45) is 5.62. The van der Waals surface area contributed by atoms with Crippen molar-refractivity contribution in [2.45, 2.75) is 44.0 Å². The fourth-order valence-electron chi connectivity index (χ4n) is 2.01. The lowest BCUT2D eigenvalue weighted by Crippen LogP contribution is -2.42. The van der Waals surface area contributed by atoms with E-state index in [1.165, 1.54) is 6.20 Å². The van der Waals surface area contributed by atoms with Crippen molar-refractivity contribution in [3.8, 4) is 0 Å². The largest absolute Gasteiger partial charge is 0.361 e. The van der Waals surface area contributed by atoms with E-state index < -0.39 is 0 Å². The van der Waals surface area contributed by atoms with Crippen molar-refractivity contribution in [1.82, 2.24) is 10.5 Å². The molecule has 2 unspecified atom stereocenters. The number of rotatable bonds is 2. The van der Waals surface area contributed by atoms with Crippen LogP contribution in [0.2, 0.25) is 0 Å². The Labute approximate surface area is 99.3 Å². The molecule has 2 rings (SSSR count). The first kappa shape index (κ1) is 11.5. The molecule has 0 saturated heterocycles. The molecule has 1 saturated carbocycles. The number of nitrogens with one attached hydrogen (secondary N) is 1. The number of halogens is 1. The van der Waals surface area contributed by atoms with Crippen molar-refractivity contribution in [3.63, 3.8) is 0 Å². The number of amides is 1. The van der Waals surface area contributed by atoms with E-state index in [0.29, 0.717) is 11.3 Å². The number of alkyl halides is 1. The average molecular weight is 243 g/mol. The summed E-state index contributed by atoms with van der Waals surface area (Å²) in [5.74, 6) is 0.399. The lowest BCUT2D eigenvalue weighted by molar-refractivity contribution is 0.0927. The highest BCUT2D eigenvalue weighted by Gasteiger charge is 2.26. The minimum absolute atomic E-state index is 0.0397. The summed E-state index contributed by atoms with van der Waals surface area (Å²) in [5, 5.41) is 6.57. The summed E-state index contributed by atoms with van der Waals surface area (Å²) in [6, 6.07) is 0.0669. The number of nitrogens with zero attached hydrogens (tertiary/aromatic N) is 1. The zero-order valence-corrected chi connectivity index (χ0v) is 9.96. The van der Waals surface area contributed by atoms with E-state index in [-0.39, 0.29) is 17.3 Å². The molecule has 0 aliphatic heterocycles. The molecule has 1 aromatic heterocycles. The normalized spacial score (nSPS) is 25.4. The van der Waals surface area contributed by atoms with Gasteiger partial charge in [-0.1, -0.05) is 18.0 Å². The smallest absolute Gasteiger partial charge is 0.256 e. The first-order valence-corrected chi connectivity index (χ1v) is 5.98. The summed E-state index contributed by atoms with van der Waals surface area (Å²) in [6.45, 7) is 1.72. The van der Waals surface area contributed by atoms with E-state index in [4.69, 9.17) is 16.1 Å². The third-order valence-corrected chi connectivity index (χ3v) is 3.52. The van der Waals surface area contributed by atoms with Crippen LogP contribution in [0.3, 0.4) is 0 Å². The fraction of sp³-hybridized carbons (Fsp3) is 0.636. The standard InChI is InChI=1S/C11H15ClN2O2/c1-7-8(6-13-16-7)11(15)14-10-5-3-2-4-9(10)12/h6,9-10H,2-5H2,1H3,(H,14,15). The number of carbonyl (C=O) groups is 1. The highest BCUT2D eigenvalue weighted by atomic mass is 35.5. The van der Waals surface area contributed by atoms with E-state index in [0.717, 1.165) is 25.7 Å². The molecule has 0 bridgehead atoms. The Morgan fingerprint density at radius 1 is 1.56 bits per heavy atom. The third kappa shape index (κ3) is 2.38. The van der Waals surface area contributed by atoms with E-state index in [1.807, 2.05) is 0 Å². The topological polar surface area (TPSA) is 55.1 Å². The maximum Gasteiger partial charge on any atom is 0.256 e. The Balaban J connectivity index is 1.99. The Morgan fingerprint density at radius 3 is 2.94 bits per heavy atom. The predicted octanol–water partition coefficient (Wildman–Crippen LogP) is 2.26. The predicted molar refractivity (Wildman–Crippen MR) is 60.6 cm³/mol. The van der Waals surface area contributed by atoms with E-state index in [1.54, 1.807) is 6.92 Å². The number of aromatic nitrogens is 1. The second-order valence-corrected chi connectivity index (χ2v) is 4.74. The van der Waals surface area contributed by atoms with Gasteiger partial charge in [0.25, 0.3) is 5.91 Å². The fourth-order valence-corrected chi connectivity index (χ4v) is 2.35. The monoisotopic (exact) mass is 242 g/mol. The van der Waals surface area contributed by atoms with Crippen molar-refractivity contribution < 1.29 is 9.32 Å². The van der Waals surface area contributed by atoms with Crippen LogP contribution in [0.15, 0.2) is 10.7 Å². The van der Waals surface area contributed by atoms with Crippen LogP contribution in [0.4, 0.5) is 0 Å². The summed E-state index contributed by atoms with van der Waals surface area (Å²) in [4.78, 5) is 11.9. The minimum atomic E-state index is -0.142. The Morgan fingerprint density at radius 2 is 2.31 bits per heavy atom. The van der Waals surface area contributed by atoms with Gasteiger partial charge < -0.3 is 9.84 Å². The van der Waals surface area contributed by atoms with Crippen LogP contribution in [0, 0.1) is 6.92 Å². The molecule has 2 atom stereocenters. The molecule has 88 valence electrons. The average Bonchev–Trinajstić information content (AvgIpc) is 2.68. The van der Waals surface area contributed by atoms with Crippen molar-refractivity contribution in [1.29, 1.82) is 0 Å². The second kappa shape index (κ2) is 4.87. The molecule has 1 amide bonds. The van der Waals surface area contributed by atoms with Gasteiger partial charge >= 0.3 is 0 Å². The van der Waals surface area contributed by atoms with Crippen LogP contribution in [0.5, 0.6) is 0 Å². The highest BCUT2D eigenvalue weighted by molar-refractivity contribution is 6.21. The van der Waals surface area contributed by atoms with Gasteiger partial charge in [-0.25, -0.2) is 0 Å². The zero-order valence-electron chi connectivity index (χ0n) is 9.20. The van der Waals surface area contributed by atoms with Crippen molar-refractivity contribution in [3.05, 3.63) is 17.5 Å². The molecule has 1 aliphatic carbocycles. The third-order valence-electron chi connectivity index (χ3n) is 2.99. The molecule has 0 radical (unpaired) electrons. The van der Waals surface area contributed by atoms with Crippen molar-refractivity contribution >= 4 is 17.5 Å².